The molecule has 0 aliphatic rings. The van der Waals surface area contributed by atoms with Crippen LogP contribution in [0.25, 0.3) is 10.9 Å². The number of carbonyl (C=O) groups is 1. The number of hydrogen-bond acceptors (Lipinski definition) is 2. The first-order valence-corrected chi connectivity index (χ1v) is 7.76. The van der Waals surface area contributed by atoms with Crippen LogP contribution in [-0.4, -0.2) is 10.8 Å². The lowest BCUT2D eigenvalue weighted by Gasteiger charge is -2.01. The first-order chi connectivity index (χ1) is 9.63. The molecule has 0 atom stereocenters. The summed E-state index contributed by atoms with van der Waals surface area (Å²) >= 11 is 7.62. The molecule has 0 aliphatic carbocycles. The molecule has 0 aliphatic heterocycles. The molecule has 102 valence electrons. The zero-order chi connectivity index (χ0) is 14.3. The van der Waals surface area contributed by atoms with Crippen LogP contribution in [0.5, 0.6) is 0 Å². The van der Waals surface area contributed by atoms with E-state index < -0.39 is 0 Å². The Bertz CT molecular complexity index is 800. The lowest BCUT2D eigenvalue weighted by Crippen LogP contribution is -1.98. The van der Waals surface area contributed by atoms with Gasteiger partial charge in [-0.05, 0) is 29.9 Å². The molecule has 2 aromatic heterocycles. The van der Waals surface area contributed by atoms with E-state index in [-0.39, 0.29) is 5.78 Å². The van der Waals surface area contributed by atoms with Gasteiger partial charge >= 0.3 is 0 Å². The molecule has 1 N–H and O–H groups in total. The molecule has 0 bridgehead atoms. The van der Waals surface area contributed by atoms with Crippen LogP contribution >= 0.6 is 22.9 Å². The number of thiophene rings is 1. The van der Waals surface area contributed by atoms with Crippen molar-refractivity contribution in [3.05, 3.63) is 56.4 Å². The summed E-state index contributed by atoms with van der Waals surface area (Å²) in [6, 6.07) is 6.05. The highest BCUT2D eigenvalue weighted by molar-refractivity contribution is 7.13. The van der Waals surface area contributed by atoms with Gasteiger partial charge in [0.1, 0.15) is 0 Å². The maximum absolute atomic E-state index is 12.7. The van der Waals surface area contributed by atoms with E-state index in [1.807, 2.05) is 24.4 Å². The number of nitrogens with one attached hydrogen (secondary N) is 1. The summed E-state index contributed by atoms with van der Waals surface area (Å²) in [6.07, 6.45) is 2.72. The third-order valence-electron chi connectivity index (χ3n) is 3.53. The van der Waals surface area contributed by atoms with Gasteiger partial charge in [-0.15, -0.1) is 11.3 Å². The Morgan fingerprint density at radius 3 is 2.85 bits per heavy atom. The average Bonchev–Trinajstić information content (AvgIpc) is 3.03. The average molecular weight is 304 g/mol. The predicted molar refractivity (Wildman–Crippen MR) is 85.2 cm³/mol. The summed E-state index contributed by atoms with van der Waals surface area (Å²) in [5, 5.41) is 3.46. The van der Waals surface area contributed by atoms with Crippen LogP contribution in [0.3, 0.4) is 0 Å². The van der Waals surface area contributed by atoms with E-state index in [0.717, 1.165) is 22.9 Å². The molecule has 0 spiro atoms. The van der Waals surface area contributed by atoms with Crippen molar-refractivity contribution in [3.63, 3.8) is 0 Å². The first kappa shape index (κ1) is 13.4. The number of hydrogen-bond donors (Lipinski definition) is 1. The van der Waals surface area contributed by atoms with Crippen LogP contribution in [0.15, 0.2) is 29.8 Å². The summed E-state index contributed by atoms with van der Waals surface area (Å²) < 4.78 is 0. The molecule has 0 radical (unpaired) electrons. The second-order valence-corrected chi connectivity index (χ2v) is 6.04. The molecule has 2 heterocycles. The molecule has 3 rings (SSSR count). The van der Waals surface area contributed by atoms with Gasteiger partial charge in [0.25, 0.3) is 0 Å². The highest BCUT2D eigenvalue weighted by Crippen LogP contribution is 2.32. The second kappa shape index (κ2) is 5.08. The molecule has 1 aromatic carbocycles. The number of carbonyl (C=O) groups excluding carboxylic acids is 1. The van der Waals surface area contributed by atoms with Gasteiger partial charge in [-0.25, -0.2) is 0 Å². The van der Waals surface area contributed by atoms with Gasteiger partial charge in [-0.3, -0.25) is 4.79 Å². The van der Waals surface area contributed by atoms with E-state index in [1.165, 1.54) is 16.9 Å². The monoisotopic (exact) mass is 303 g/mol. The van der Waals surface area contributed by atoms with Crippen LogP contribution in [0, 0.1) is 6.92 Å². The Morgan fingerprint density at radius 1 is 1.40 bits per heavy atom. The second-order valence-electron chi connectivity index (χ2n) is 4.79. The topological polar surface area (TPSA) is 32.9 Å². The van der Waals surface area contributed by atoms with Gasteiger partial charge in [0.15, 0.2) is 0 Å². The maximum Gasteiger partial charge on any atom is 0.206 e. The molecule has 0 saturated carbocycles. The van der Waals surface area contributed by atoms with Gasteiger partial charge in [-0.1, -0.05) is 36.7 Å². The molecule has 3 aromatic rings. The minimum atomic E-state index is -0.00685. The zero-order valence-corrected chi connectivity index (χ0v) is 12.9. The number of aryl methyl sites for hydroxylation is 2. The van der Waals surface area contributed by atoms with Gasteiger partial charge in [0, 0.05) is 22.7 Å². The van der Waals surface area contributed by atoms with Crippen LogP contribution in [0.1, 0.15) is 33.3 Å². The molecule has 20 heavy (non-hydrogen) atoms. The summed E-state index contributed by atoms with van der Waals surface area (Å²) in [5.74, 6) is -0.00685. The number of aromatic nitrogens is 1. The van der Waals surface area contributed by atoms with Gasteiger partial charge < -0.3 is 4.98 Å². The van der Waals surface area contributed by atoms with Crippen LogP contribution < -0.4 is 0 Å². The highest BCUT2D eigenvalue weighted by Gasteiger charge is 2.20. The first-order valence-electron chi connectivity index (χ1n) is 6.50. The third kappa shape index (κ3) is 1.98. The van der Waals surface area contributed by atoms with Crippen molar-refractivity contribution in [2.24, 2.45) is 0 Å². The number of H-pyrrole nitrogens is 1. The number of benzene rings is 1. The van der Waals surface area contributed by atoms with Crippen LogP contribution in [-0.2, 0) is 6.42 Å². The van der Waals surface area contributed by atoms with Crippen molar-refractivity contribution in [2.45, 2.75) is 20.3 Å². The van der Waals surface area contributed by atoms with Crippen molar-refractivity contribution in [3.8, 4) is 0 Å². The van der Waals surface area contributed by atoms with E-state index >= 15 is 0 Å². The predicted octanol–water partition coefficient (Wildman–Crippen LogP) is 4.98. The Kier molecular flexibility index (Phi) is 3.40. The molecule has 0 amide bonds. The van der Waals surface area contributed by atoms with E-state index in [4.69, 9.17) is 11.6 Å². The lowest BCUT2D eigenvalue weighted by atomic mass is 10.0. The largest absolute Gasteiger partial charge is 0.360 e. The fourth-order valence-electron chi connectivity index (χ4n) is 2.40. The fraction of sp³-hybridized carbons (Fsp3) is 0.188. The molecule has 0 saturated heterocycles. The number of fused-ring (bicyclic) bond motifs is 1. The van der Waals surface area contributed by atoms with Crippen molar-refractivity contribution in [1.29, 1.82) is 0 Å². The van der Waals surface area contributed by atoms with Crippen molar-refractivity contribution < 1.29 is 4.79 Å². The number of aromatic amines is 1. The Balaban J connectivity index is 2.16. The third-order valence-corrected chi connectivity index (χ3v) is 5.23. The molecule has 0 fully saturated rings. The number of rotatable bonds is 3. The van der Waals surface area contributed by atoms with E-state index in [0.29, 0.717) is 15.5 Å². The number of halogens is 1. The number of ketones is 1. The van der Waals surface area contributed by atoms with Crippen molar-refractivity contribution >= 4 is 39.6 Å². The van der Waals surface area contributed by atoms with Crippen LogP contribution in [0.4, 0.5) is 0 Å². The number of para-hydroxylation sites is 1. The Morgan fingerprint density at radius 2 is 2.20 bits per heavy atom. The summed E-state index contributed by atoms with van der Waals surface area (Å²) in [4.78, 5) is 16.5. The minimum Gasteiger partial charge on any atom is -0.360 e. The Hall–Kier alpha value is -1.58. The van der Waals surface area contributed by atoms with E-state index in [1.54, 1.807) is 6.20 Å². The van der Waals surface area contributed by atoms with Crippen molar-refractivity contribution in [2.75, 3.05) is 0 Å². The SMILES string of the molecule is CCc1cccc2c(C(=O)c3scc(C)c3Cl)c[nH]c12. The summed E-state index contributed by atoms with van der Waals surface area (Å²) in [5.41, 5.74) is 3.91. The van der Waals surface area contributed by atoms with Gasteiger partial charge in [0.2, 0.25) is 5.78 Å². The lowest BCUT2D eigenvalue weighted by molar-refractivity contribution is 0.104. The van der Waals surface area contributed by atoms with Crippen LogP contribution in [0.2, 0.25) is 5.02 Å². The molecule has 2 nitrogen and oxygen atoms in total. The van der Waals surface area contributed by atoms with Gasteiger partial charge in [-0.2, -0.15) is 0 Å². The standard InChI is InChI=1S/C16H14ClNOS/c1-3-10-5-4-6-11-12(7-18-14(10)11)15(19)16-13(17)9(2)8-20-16/h4-8,18H,3H2,1-2H3. The molecular formula is C16H14ClNOS. The molecule has 0 unspecified atom stereocenters. The molecular weight excluding hydrogens is 290 g/mol. The van der Waals surface area contributed by atoms with Gasteiger partial charge in [0.05, 0.1) is 9.90 Å². The highest BCUT2D eigenvalue weighted by atomic mass is 35.5. The Labute approximate surface area is 126 Å². The van der Waals surface area contributed by atoms with E-state index in [9.17, 15) is 4.79 Å². The normalized spacial score (nSPS) is 11.2. The summed E-state index contributed by atoms with van der Waals surface area (Å²) in [6.45, 7) is 4.02. The molecule has 4 heteroatoms. The minimum absolute atomic E-state index is 0.00685. The van der Waals surface area contributed by atoms with E-state index in [2.05, 4.69) is 18.0 Å². The zero-order valence-electron chi connectivity index (χ0n) is 11.3. The fourth-order valence-corrected chi connectivity index (χ4v) is 3.64. The smallest absolute Gasteiger partial charge is 0.206 e. The maximum atomic E-state index is 12.7. The summed E-state index contributed by atoms with van der Waals surface area (Å²) in [7, 11) is 0. The van der Waals surface area contributed by atoms with Crippen molar-refractivity contribution in [1.82, 2.24) is 4.98 Å². The quantitative estimate of drug-likeness (QED) is 0.680.